The fourth-order valence-corrected chi connectivity index (χ4v) is 2.50. The Hall–Kier alpha value is -1.51. The quantitative estimate of drug-likeness (QED) is 0.841. The minimum atomic E-state index is -0.0371. The second-order valence-corrected chi connectivity index (χ2v) is 5.69. The first-order chi connectivity index (χ1) is 10.1. The molecule has 21 heavy (non-hydrogen) atoms. The SMILES string of the molecule is CCC(NC(=O)Cc1ccccc1Cl)c1ccc(Cl)cc1. The zero-order chi connectivity index (χ0) is 15.2. The maximum atomic E-state index is 12.2. The average Bonchev–Trinajstić information content (AvgIpc) is 2.48. The van der Waals surface area contributed by atoms with Gasteiger partial charge in [-0.15, -0.1) is 0 Å². The van der Waals surface area contributed by atoms with Crippen molar-refractivity contribution in [1.29, 1.82) is 0 Å². The van der Waals surface area contributed by atoms with Gasteiger partial charge in [-0.1, -0.05) is 60.5 Å². The molecule has 0 spiro atoms. The highest BCUT2D eigenvalue weighted by molar-refractivity contribution is 6.31. The lowest BCUT2D eigenvalue weighted by Crippen LogP contribution is -2.29. The Morgan fingerprint density at radius 2 is 1.76 bits per heavy atom. The van der Waals surface area contributed by atoms with Crippen LogP contribution < -0.4 is 5.32 Å². The Balaban J connectivity index is 2.03. The number of nitrogens with one attached hydrogen (secondary N) is 1. The van der Waals surface area contributed by atoms with Crippen LogP contribution >= 0.6 is 23.2 Å². The fraction of sp³-hybridized carbons (Fsp3) is 0.235. The van der Waals surface area contributed by atoms with Crippen LogP contribution in [0.25, 0.3) is 0 Å². The summed E-state index contributed by atoms with van der Waals surface area (Å²) in [5.74, 6) is -0.0371. The monoisotopic (exact) mass is 321 g/mol. The number of carbonyl (C=O) groups excluding carboxylic acids is 1. The first-order valence-electron chi connectivity index (χ1n) is 6.88. The molecular weight excluding hydrogens is 305 g/mol. The number of amides is 1. The lowest BCUT2D eigenvalue weighted by molar-refractivity contribution is -0.121. The van der Waals surface area contributed by atoms with Gasteiger partial charge in [-0.05, 0) is 35.7 Å². The highest BCUT2D eigenvalue weighted by Gasteiger charge is 2.14. The van der Waals surface area contributed by atoms with Crippen LogP contribution in [0, 0.1) is 0 Å². The number of hydrogen-bond donors (Lipinski definition) is 1. The summed E-state index contributed by atoms with van der Waals surface area (Å²) < 4.78 is 0. The molecule has 0 heterocycles. The normalized spacial score (nSPS) is 12.0. The van der Waals surface area contributed by atoms with Gasteiger partial charge >= 0.3 is 0 Å². The second-order valence-electron chi connectivity index (χ2n) is 4.85. The van der Waals surface area contributed by atoms with Crippen LogP contribution in [0.1, 0.15) is 30.5 Å². The molecule has 1 unspecified atom stereocenters. The van der Waals surface area contributed by atoms with Crippen LogP contribution in [-0.4, -0.2) is 5.91 Å². The van der Waals surface area contributed by atoms with Crippen LogP contribution in [-0.2, 0) is 11.2 Å². The molecule has 1 N–H and O–H groups in total. The third-order valence-electron chi connectivity index (χ3n) is 3.32. The summed E-state index contributed by atoms with van der Waals surface area (Å²) in [6, 6.07) is 14.9. The third kappa shape index (κ3) is 4.48. The lowest BCUT2D eigenvalue weighted by atomic mass is 10.0. The van der Waals surface area contributed by atoms with Crippen LogP contribution in [0.15, 0.2) is 48.5 Å². The van der Waals surface area contributed by atoms with Gasteiger partial charge < -0.3 is 5.32 Å². The molecule has 0 aliphatic rings. The summed E-state index contributed by atoms with van der Waals surface area (Å²) in [7, 11) is 0. The molecule has 2 aromatic rings. The zero-order valence-electron chi connectivity index (χ0n) is 11.8. The van der Waals surface area contributed by atoms with E-state index < -0.39 is 0 Å². The Labute approximate surface area is 135 Å². The van der Waals surface area contributed by atoms with Crippen molar-refractivity contribution in [3.8, 4) is 0 Å². The molecule has 0 aliphatic carbocycles. The summed E-state index contributed by atoms with van der Waals surface area (Å²) in [4.78, 5) is 12.2. The molecule has 2 aromatic carbocycles. The first-order valence-corrected chi connectivity index (χ1v) is 7.64. The van der Waals surface area contributed by atoms with Crippen molar-refractivity contribution in [3.05, 3.63) is 69.7 Å². The molecule has 0 radical (unpaired) electrons. The summed E-state index contributed by atoms with van der Waals surface area (Å²) >= 11 is 12.0. The molecular formula is C17H17Cl2NO. The van der Waals surface area contributed by atoms with Crippen LogP contribution in [0.3, 0.4) is 0 Å². The van der Waals surface area contributed by atoms with Gasteiger partial charge in [0.15, 0.2) is 0 Å². The van der Waals surface area contributed by atoms with Gasteiger partial charge in [0, 0.05) is 10.0 Å². The molecule has 1 amide bonds. The lowest BCUT2D eigenvalue weighted by Gasteiger charge is -2.18. The summed E-state index contributed by atoms with van der Waals surface area (Å²) in [5, 5.41) is 4.35. The summed E-state index contributed by atoms with van der Waals surface area (Å²) in [6.45, 7) is 2.04. The molecule has 0 fully saturated rings. The van der Waals surface area contributed by atoms with Crippen molar-refractivity contribution in [1.82, 2.24) is 5.32 Å². The zero-order valence-corrected chi connectivity index (χ0v) is 13.3. The maximum Gasteiger partial charge on any atom is 0.224 e. The molecule has 1 atom stereocenters. The second kappa shape index (κ2) is 7.48. The van der Waals surface area contributed by atoms with Gasteiger partial charge in [-0.3, -0.25) is 4.79 Å². The van der Waals surface area contributed by atoms with E-state index in [0.29, 0.717) is 10.0 Å². The van der Waals surface area contributed by atoms with E-state index in [2.05, 4.69) is 5.32 Å². The van der Waals surface area contributed by atoms with E-state index in [9.17, 15) is 4.79 Å². The molecule has 0 aliphatic heterocycles. The molecule has 0 bridgehead atoms. The van der Waals surface area contributed by atoms with Crippen molar-refractivity contribution in [2.45, 2.75) is 25.8 Å². The maximum absolute atomic E-state index is 12.2. The Bertz CT molecular complexity index is 610. The van der Waals surface area contributed by atoms with Gasteiger partial charge in [0.25, 0.3) is 0 Å². The van der Waals surface area contributed by atoms with E-state index in [0.717, 1.165) is 17.5 Å². The van der Waals surface area contributed by atoms with Gasteiger partial charge in [0.1, 0.15) is 0 Å². The Morgan fingerprint density at radius 3 is 2.38 bits per heavy atom. The van der Waals surface area contributed by atoms with E-state index >= 15 is 0 Å². The van der Waals surface area contributed by atoms with Gasteiger partial charge in [-0.25, -0.2) is 0 Å². The number of carbonyl (C=O) groups is 1. The summed E-state index contributed by atoms with van der Waals surface area (Å²) in [5.41, 5.74) is 1.89. The number of benzene rings is 2. The molecule has 0 saturated heterocycles. The van der Waals surface area contributed by atoms with Crippen LogP contribution in [0.4, 0.5) is 0 Å². The summed E-state index contributed by atoms with van der Waals surface area (Å²) in [6.07, 6.45) is 1.10. The number of halogens is 2. The van der Waals surface area contributed by atoms with Crippen molar-refractivity contribution in [2.24, 2.45) is 0 Å². The van der Waals surface area contributed by atoms with Crippen molar-refractivity contribution >= 4 is 29.1 Å². The first kappa shape index (κ1) is 15.9. The predicted molar refractivity (Wildman–Crippen MR) is 87.8 cm³/mol. The minimum absolute atomic E-state index is 0.0164. The highest BCUT2D eigenvalue weighted by Crippen LogP contribution is 2.20. The Morgan fingerprint density at radius 1 is 1.10 bits per heavy atom. The largest absolute Gasteiger partial charge is 0.349 e. The van der Waals surface area contributed by atoms with E-state index in [4.69, 9.17) is 23.2 Å². The fourth-order valence-electron chi connectivity index (χ4n) is 2.18. The smallest absolute Gasteiger partial charge is 0.224 e. The molecule has 2 rings (SSSR count). The van der Waals surface area contributed by atoms with E-state index in [-0.39, 0.29) is 18.4 Å². The van der Waals surface area contributed by atoms with Crippen LogP contribution in [0.5, 0.6) is 0 Å². The molecule has 2 nitrogen and oxygen atoms in total. The average molecular weight is 322 g/mol. The van der Waals surface area contributed by atoms with E-state index in [1.54, 1.807) is 6.07 Å². The van der Waals surface area contributed by atoms with Gasteiger partial charge in [-0.2, -0.15) is 0 Å². The molecule has 0 aromatic heterocycles. The van der Waals surface area contributed by atoms with Crippen molar-refractivity contribution in [2.75, 3.05) is 0 Å². The standard InChI is InChI=1S/C17H17Cl2NO/c1-2-16(12-7-9-14(18)10-8-12)20-17(21)11-13-5-3-4-6-15(13)19/h3-10,16H,2,11H2,1H3,(H,20,21). The minimum Gasteiger partial charge on any atom is -0.349 e. The van der Waals surface area contributed by atoms with Gasteiger partial charge in [0.2, 0.25) is 5.91 Å². The molecule has 4 heteroatoms. The molecule has 0 saturated carbocycles. The number of hydrogen-bond acceptors (Lipinski definition) is 1. The highest BCUT2D eigenvalue weighted by atomic mass is 35.5. The molecule has 110 valence electrons. The van der Waals surface area contributed by atoms with Crippen molar-refractivity contribution in [3.63, 3.8) is 0 Å². The van der Waals surface area contributed by atoms with E-state index in [1.165, 1.54) is 0 Å². The Kier molecular flexibility index (Phi) is 5.66. The van der Waals surface area contributed by atoms with Gasteiger partial charge in [0.05, 0.1) is 12.5 Å². The van der Waals surface area contributed by atoms with Crippen molar-refractivity contribution < 1.29 is 4.79 Å². The van der Waals surface area contributed by atoms with E-state index in [1.807, 2.05) is 49.4 Å². The third-order valence-corrected chi connectivity index (χ3v) is 3.95. The number of rotatable bonds is 5. The van der Waals surface area contributed by atoms with Crippen LogP contribution in [0.2, 0.25) is 10.0 Å². The topological polar surface area (TPSA) is 29.1 Å². The predicted octanol–water partition coefficient (Wildman–Crippen LogP) is 4.80.